The maximum Gasteiger partial charge on any atom is 0.191 e. The molecule has 8 aliphatic rings. The number of rotatable bonds is 6. The number of ketones is 2. The first-order valence-electron chi connectivity index (χ1n) is 23.3. The standard InChI is InChI=1S/C28H46O2Si.C22H32O2.CH2Cl2/c1-19(18-30-31(7,8)26(2,3)4)23-11-12-24-22-10-9-20-17-21(29)13-15-27(20,5)25(22)14-16-28(23,24)6;1-14(13-23)18-6-7-19-17-5-4-15-12-16(24)8-10-21(15,2)20(17)9-11-22(18,19)3;2-1-3/h9-10,17,19,22-25H,11-16,18H2,1-8H3;4-5,12,14,17-20,23H,6-11,13H2,1-3H3;1H2/t19-,22?,23?,24?,25?,27+,28-;14-,17?,18?,19?,20?,21+,22-;/m11./s1. The number of carbonyl (C=O) groups is 2. The summed E-state index contributed by atoms with van der Waals surface area (Å²) >= 11 is 9.53. The molecule has 0 aromatic heterocycles. The third-order valence-electron chi connectivity index (χ3n) is 19.4. The van der Waals surface area contributed by atoms with Crippen LogP contribution in [-0.2, 0) is 14.0 Å². The molecule has 326 valence electrons. The lowest BCUT2D eigenvalue weighted by Crippen LogP contribution is -2.50. The Balaban J connectivity index is 0.000000188. The molecule has 0 spiro atoms. The summed E-state index contributed by atoms with van der Waals surface area (Å²) in [7, 11) is -1.69. The number of halogens is 2. The third kappa shape index (κ3) is 8.19. The molecule has 0 aliphatic heterocycles. The number of hydrogen-bond acceptors (Lipinski definition) is 4. The highest BCUT2D eigenvalue weighted by Crippen LogP contribution is 2.68. The van der Waals surface area contributed by atoms with Crippen LogP contribution in [0.15, 0.2) is 47.6 Å². The van der Waals surface area contributed by atoms with Crippen LogP contribution >= 0.6 is 23.2 Å². The molecular weight excluding hydrogens is 776 g/mol. The lowest BCUT2D eigenvalue weighted by molar-refractivity contribution is -0.117. The van der Waals surface area contributed by atoms with Crippen molar-refractivity contribution in [2.24, 2.45) is 80.8 Å². The molecule has 4 saturated carbocycles. The third-order valence-corrected chi connectivity index (χ3v) is 23.9. The van der Waals surface area contributed by atoms with Crippen LogP contribution < -0.4 is 0 Å². The summed E-state index contributed by atoms with van der Waals surface area (Å²) in [6.07, 6.45) is 27.6. The molecule has 0 aromatic carbocycles. The molecule has 7 heteroatoms. The minimum atomic E-state index is -1.69. The van der Waals surface area contributed by atoms with E-state index in [0.717, 1.165) is 50.0 Å². The predicted molar refractivity (Wildman–Crippen MR) is 245 cm³/mol. The zero-order chi connectivity index (χ0) is 42.6. The van der Waals surface area contributed by atoms with Crippen LogP contribution in [0, 0.1) is 80.8 Å². The van der Waals surface area contributed by atoms with Gasteiger partial charge in [-0.15, -0.1) is 23.2 Å². The molecule has 0 radical (unpaired) electrons. The van der Waals surface area contributed by atoms with E-state index in [1.165, 1.54) is 62.5 Å². The van der Waals surface area contributed by atoms with E-state index in [1.807, 2.05) is 12.2 Å². The van der Waals surface area contributed by atoms with Gasteiger partial charge < -0.3 is 9.53 Å². The summed E-state index contributed by atoms with van der Waals surface area (Å²) in [5.74, 6) is 7.43. The van der Waals surface area contributed by atoms with Crippen molar-refractivity contribution in [1.82, 2.24) is 0 Å². The summed E-state index contributed by atoms with van der Waals surface area (Å²) in [5.41, 5.74) is 3.85. The Morgan fingerprint density at radius 1 is 0.707 bits per heavy atom. The summed E-state index contributed by atoms with van der Waals surface area (Å²) < 4.78 is 6.68. The SMILES string of the molecule is C[C@H](CO)C1CCC2C3C=CC4=CC(=O)CC[C@]4(C)C3CC[C@@]21C.C[C@H](CO[Si](C)(C)C(C)(C)C)C1CCC2C3C=CC4=CC(=O)CC[C@]4(C)C3CC[C@@]21C.ClCCl. The molecule has 0 amide bonds. The van der Waals surface area contributed by atoms with Crippen molar-refractivity contribution >= 4 is 43.1 Å². The highest BCUT2D eigenvalue weighted by Gasteiger charge is 2.60. The Morgan fingerprint density at radius 2 is 1.12 bits per heavy atom. The van der Waals surface area contributed by atoms with Crippen LogP contribution in [0.1, 0.15) is 139 Å². The van der Waals surface area contributed by atoms with Gasteiger partial charge in [-0.3, -0.25) is 9.59 Å². The molecule has 8 aliphatic carbocycles. The van der Waals surface area contributed by atoms with Crippen molar-refractivity contribution in [1.29, 1.82) is 0 Å². The molecule has 0 saturated heterocycles. The van der Waals surface area contributed by atoms with Gasteiger partial charge in [-0.25, -0.2) is 0 Å². The maximum atomic E-state index is 12.0. The molecule has 8 unspecified atom stereocenters. The van der Waals surface area contributed by atoms with Gasteiger partial charge in [0.05, 0.1) is 5.34 Å². The molecule has 4 fully saturated rings. The van der Waals surface area contributed by atoms with Gasteiger partial charge in [0.15, 0.2) is 19.9 Å². The molecule has 58 heavy (non-hydrogen) atoms. The predicted octanol–water partition coefficient (Wildman–Crippen LogP) is 13.5. The van der Waals surface area contributed by atoms with Crippen LogP contribution in [0.3, 0.4) is 0 Å². The first kappa shape index (κ1) is 46.5. The number of aliphatic hydroxyl groups is 1. The van der Waals surface area contributed by atoms with Gasteiger partial charge in [0, 0.05) is 26.1 Å². The Kier molecular flexibility index (Phi) is 13.9. The van der Waals surface area contributed by atoms with Crippen LogP contribution in [0.5, 0.6) is 0 Å². The topological polar surface area (TPSA) is 63.6 Å². The highest BCUT2D eigenvalue weighted by atomic mass is 35.5. The summed E-state index contributed by atoms with van der Waals surface area (Å²) in [5, 5.41) is 10.2. The second-order valence-electron chi connectivity index (χ2n) is 23.0. The zero-order valence-corrected chi connectivity index (χ0v) is 40.8. The molecule has 0 bridgehead atoms. The number of allylic oxidation sites excluding steroid dienone is 8. The van der Waals surface area contributed by atoms with Gasteiger partial charge in [-0.1, -0.05) is 86.6 Å². The number of aliphatic hydroxyl groups excluding tert-OH is 1. The quantitative estimate of drug-likeness (QED) is 0.214. The van der Waals surface area contributed by atoms with E-state index in [1.54, 1.807) is 0 Å². The van der Waals surface area contributed by atoms with Crippen LogP contribution in [0.4, 0.5) is 0 Å². The summed E-state index contributed by atoms with van der Waals surface area (Å²) in [4.78, 5) is 23.9. The molecule has 0 heterocycles. The molecule has 14 atom stereocenters. The van der Waals surface area contributed by atoms with E-state index < -0.39 is 8.32 Å². The van der Waals surface area contributed by atoms with Gasteiger partial charge in [-0.05, 0) is 186 Å². The van der Waals surface area contributed by atoms with Crippen LogP contribution in [0.25, 0.3) is 0 Å². The van der Waals surface area contributed by atoms with Crippen molar-refractivity contribution in [2.75, 3.05) is 18.6 Å². The van der Waals surface area contributed by atoms with Crippen molar-refractivity contribution in [3.8, 4) is 0 Å². The monoisotopic (exact) mass is 855 g/mol. The van der Waals surface area contributed by atoms with E-state index in [2.05, 4.69) is 99.7 Å². The van der Waals surface area contributed by atoms with Gasteiger partial charge in [-0.2, -0.15) is 0 Å². The Labute approximate surface area is 365 Å². The van der Waals surface area contributed by atoms with Crippen LogP contribution in [-0.4, -0.2) is 43.5 Å². The van der Waals surface area contributed by atoms with Crippen molar-refractivity contribution < 1.29 is 19.1 Å². The minimum absolute atomic E-state index is 0.194. The second-order valence-corrected chi connectivity index (χ2v) is 28.6. The zero-order valence-electron chi connectivity index (χ0n) is 38.3. The summed E-state index contributed by atoms with van der Waals surface area (Å²) in [6.45, 7) is 27.7. The van der Waals surface area contributed by atoms with E-state index in [4.69, 9.17) is 27.6 Å². The van der Waals surface area contributed by atoms with E-state index in [-0.39, 0.29) is 21.2 Å². The average Bonchev–Trinajstić information content (AvgIpc) is 3.71. The largest absolute Gasteiger partial charge is 0.417 e. The Morgan fingerprint density at radius 3 is 1.52 bits per heavy atom. The number of alkyl halides is 2. The van der Waals surface area contributed by atoms with Crippen molar-refractivity contribution in [3.63, 3.8) is 0 Å². The molecule has 4 nitrogen and oxygen atoms in total. The first-order chi connectivity index (χ1) is 27.1. The lowest BCUT2D eigenvalue weighted by Gasteiger charge is -2.56. The number of fused-ring (bicyclic) bond motifs is 10. The van der Waals surface area contributed by atoms with Gasteiger partial charge in [0.2, 0.25) is 0 Å². The minimum Gasteiger partial charge on any atom is -0.417 e. The molecule has 1 N–H and O–H groups in total. The van der Waals surface area contributed by atoms with E-state index in [0.29, 0.717) is 70.4 Å². The Hall–Kier alpha value is -0.983. The Bertz CT molecular complexity index is 1660. The summed E-state index contributed by atoms with van der Waals surface area (Å²) in [6, 6.07) is 0. The van der Waals surface area contributed by atoms with Gasteiger partial charge in [0.25, 0.3) is 0 Å². The molecular formula is C51H80Cl2O4Si. The average molecular weight is 856 g/mol. The number of hydrogen-bond donors (Lipinski definition) is 1. The normalized spacial score (nSPS) is 42.4. The van der Waals surface area contributed by atoms with Crippen molar-refractivity contribution in [3.05, 3.63) is 47.6 Å². The fraction of sp³-hybridized carbons (Fsp3) is 0.804. The lowest BCUT2D eigenvalue weighted by atomic mass is 9.48. The van der Waals surface area contributed by atoms with E-state index >= 15 is 0 Å². The fourth-order valence-corrected chi connectivity index (χ4v) is 15.9. The highest BCUT2D eigenvalue weighted by molar-refractivity contribution is 6.74. The smallest absolute Gasteiger partial charge is 0.191 e. The molecule has 8 rings (SSSR count). The maximum absolute atomic E-state index is 12.0. The van der Waals surface area contributed by atoms with Gasteiger partial charge in [0.1, 0.15) is 0 Å². The second kappa shape index (κ2) is 17.3. The number of carbonyl (C=O) groups excluding carboxylic acids is 2. The van der Waals surface area contributed by atoms with Crippen molar-refractivity contribution in [2.45, 2.75) is 157 Å². The molecule has 0 aromatic rings. The van der Waals surface area contributed by atoms with Gasteiger partial charge >= 0.3 is 0 Å². The van der Waals surface area contributed by atoms with Crippen LogP contribution in [0.2, 0.25) is 18.1 Å². The first-order valence-corrected chi connectivity index (χ1v) is 27.3. The fourth-order valence-electron chi connectivity index (χ4n) is 14.7. The van der Waals surface area contributed by atoms with E-state index in [9.17, 15) is 14.7 Å².